The van der Waals surface area contributed by atoms with Gasteiger partial charge in [0.05, 0.1) is 13.2 Å². The van der Waals surface area contributed by atoms with Gasteiger partial charge in [-0.05, 0) is 25.5 Å². The Bertz CT molecular complexity index is 462. The van der Waals surface area contributed by atoms with Gasteiger partial charge in [0.1, 0.15) is 0 Å². The molecule has 1 aromatic carbocycles. The van der Waals surface area contributed by atoms with Gasteiger partial charge in [-0.2, -0.15) is 0 Å². The lowest BCUT2D eigenvalue weighted by molar-refractivity contribution is -0.120. The van der Waals surface area contributed by atoms with E-state index in [0.717, 1.165) is 29.9 Å². The molecule has 1 amide bonds. The fourth-order valence-electron chi connectivity index (χ4n) is 2.48. The minimum Gasteiger partial charge on any atom is -0.398 e. The molecule has 0 spiro atoms. The molecular formula is C14H21N3O2. The van der Waals surface area contributed by atoms with E-state index in [1.54, 1.807) is 7.11 Å². The summed E-state index contributed by atoms with van der Waals surface area (Å²) in [6.07, 6.45) is 0.906. The Morgan fingerprint density at radius 3 is 3.11 bits per heavy atom. The van der Waals surface area contributed by atoms with Crippen molar-refractivity contribution in [3.63, 3.8) is 0 Å². The highest BCUT2D eigenvalue weighted by Gasteiger charge is 2.22. The molecule has 1 atom stereocenters. The smallest absolute Gasteiger partial charge is 0.239 e. The van der Waals surface area contributed by atoms with Crippen molar-refractivity contribution in [3.05, 3.63) is 23.8 Å². The summed E-state index contributed by atoms with van der Waals surface area (Å²) in [5, 5.41) is 2.92. The molecule has 0 radical (unpaired) electrons. The number of methoxy groups -OCH3 is 1. The molecule has 1 aliphatic rings. The molecule has 0 saturated heterocycles. The summed E-state index contributed by atoms with van der Waals surface area (Å²) in [5.41, 5.74) is 8.99. The molecule has 19 heavy (non-hydrogen) atoms. The van der Waals surface area contributed by atoms with Gasteiger partial charge in [0.2, 0.25) is 5.91 Å². The van der Waals surface area contributed by atoms with Gasteiger partial charge in [-0.25, -0.2) is 0 Å². The second-order valence-electron chi connectivity index (χ2n) is 4.94. The third-order valence-electron chi connectivity index (χ3n) is 3.32. The molecule has 0 aliphatic carbocycles. The Morgan fingerprint density at radius 2 is 2.37 bits per heavy atom. The third kappa shape index (κ3) is 3.17. The average molecular weight is 263 g/mol. The van der Waals surface area contributed by atoms with Gasteiger partial charge in [-0.1, -0.05) is 6.07 Å². The first-order valence-electron chi connectivity index (χ1n) is 6.52. The highest BCUT2D eigenvalue weighted by molar-refractivity contribution is 5.83. The van der Waals surface area contributed by atoms with E-state index in [1.807, 2.05) is 25.1 Å². The molecule has 0 aromatic heterocycles. The van der Waals surface area contributed by atoms with E-state index in [4.69, 9.17) is 10.5 Å². The van der Waals surface area contributed by atoms with Crippen LogP contribution in [0.1, 0.15) is 12.5 Å². The Balaban J connectivity index is 1.96. The fraction of sp³-hybridized carbons (Fsp3) is 0.500. The van der Waals surface area contributed by atoms with Crippen LogP contribution in [0.25, 0.3) is 0 Å². The minimum absolute atomic E-state index is 0.0137. The predicted octanol–water partition coefficient (Wildman–Crippen LogP) is 0.782. The van der Waals surface area contributed by atoms with Crippen molar-refractivity contribution in [2.45, 2.75) is 19.4 Å². The molecule has 0 bridgehead atoms. The number of nitrogen functional groups attached to an aromatic ring is 1. The second kappa shape index (κ2) is 5.93. The number of carbonyl (C=O) groups excluding carboxylic acids is 1. The first kappa shape index (κ1) is 13.7. The van der Waals surface area contributed by atoms with E-state index < -0.39 is 0 Å². The van der Waals surface area contributed by atoms with Gasteiger partial charge in [0.15, 0.2) is 0 Å². The van der Waals surface area contributed by atoms with Crippen LogP contribution in [0.2, 0.25) is 0 Å². The normalized spacial score (nSPS) is 15.2. The number of hydrogen-bond donors (Lipinski definition) is 2. The van der Waals surface area contributed by atoms with Crippen molar-refractivity contribution in [1.29, 1.82) is 0 Å². The standard InChI is InChI=1S/C14H21N3O2/c1-10(9-19-2)16-14(18)8-17-7-6-11-12(15)4-3-5-13(11)17/h3-5,10H,6-9,15H2,1-2H3,(H,16,18). The van der Waals surface area contributed by atoms with Crippen LogP contribution in [0.15, 0.2) is 18.2 Å². The first-order valence-corrected chi connectivity index (χ1v) is 6.52. The van der Waals surface area contributed by atoms with Crippen molar-refractivity contribution in [1.82, 2.24) is 5.32 Å². The second-order valence-corrected chi connectivity index (χ2v) is 4.94. The Morgan fingerprint density at radius 1 is 1.58 bits per heavy atom. The number of nitrogens with two attached hydrogens (primary N) is 1. The number of amides is 1. The number of fused-ring (bicyclic) bond motifs is 1. The van der Waals surface area contributed by atoms with Gasteiger partial charge in [0, 0.05) is 36.6 Å². The van der Waals surface area contributed by atoms with Crippen LogP contribution in [0.3, 0.4) is 0 Å². The maximum absolute atomic E-state index is 11.9. The number of nitrogens with one attached hydrogen (secondary N) is 1. The van der Waals surface area contributed by atoms with Crippen molar-refractivity contribution in [3.8, 4) is 0 Å². The molecule has 0 saturated carbocycles. The number of anilines is 2. The van der Waals surface area contributed by atoms with Gasteiger partial charge in [-0.15, -0.1) is 0 Å². The van der Waals surface area contributed by atoms with E-state index in [0.29, 0.717) is 13.2 Å². The molecule has 104 valence electrons. The van der Waals surface area contributed by atoms with Gasteiger partial charge >= 0.3 is 0 Å². The number of nitrogens with zero attached hydrogens (tertiary/aromatic N) is 1. The molecule has 1 heterocycles. The van der Waals surface area contributed by atoms with Crippen molar-refractivity contribution in [2.24, 2.45) is 0 Å². The molecule has 2 rings (SSSR count). The van der Waals surface area contributed by atoms with Crippen LogP contribution in [-0.2, 0) is 16.0 Å². The van der Waals surface area contributed by atoms with E-state index >= 15 is 0 Å². The molecule has 1 aromatic rings. The lowest BCUT2D eigenvalue weighted by Gasteiger charge is -2.20. The summed E-state index contributed by atoms with van der Waals surface area (Å²) in [7, 11) is 1.63. The van der Waals surface area contributed by atoms with Crippen molar-refractivity contribution >= 4 is 17.3 Å². The van der Waals surface area contributed by atoms with E-state index in [2.05, 4.69) is 10.2 Å². The van der Waals surface area contributed by atoms with Gasteiger partial charge in [-0.3, -0.25) is 4.79 Å². The summed E-state index contributed by atoms with van der Waals surface area (Å²) in [6, 6.07) is 5.88. The fourth-order valence-corrected chi connectivity index (χ4v) is 2.48. The summed E-state index contributed by atoms with van der Waals surface area (Å²) in [5.74, 6) is 0.0137. The van der Waals surface area contributed by atoms with Crippen molar-refractivity contribution in [2.75, 3.05) is 37.4 Å². The summed E-state index contributed by atoms with van der Waals surface area (Å²) in [4.78, 5) is 14.0. The van der Waals surface area contributed by atoms with Crippen LogP contribution in [0, 0.1) is 0 Å². The highest BCUT2D eigenvalue weighted by atomic mass is 16.5. The lowest BCUT2D eigenvalue weighted by atomic mass is 10.1. The number of ether oxygens (including phenoxy) is 1. The number of benzene rings is 1. The Hall–Kier alpha value is -1.75. The summed E-state index contributed by atoms with van der Waals surface area (Å²) >= 11 is 0. The Kier molecular flexibility index (Phi) is 4.27. The zero-order valence-corrected chi connectivity index (χ0v) is 11.5. The van der Waals surface area contributed by atoms with Crippen molar-refractivity contribution < 1.29 is 9.53 Å². The SMILES string of the molecule is COCC(C)NC(=O)CN1CCc2c(N)cccc21. The van der Waals surface area contributed by atoms with E-state index in [-0.39, 0.29) is 11.9 Å². The van der Waals surface area contributed by atoms with Gasteiger partial charge in [0.25, 0.3) is 0 Å². The molecule has 3 N–H and O–H groups in total. The highest BCUT2D eigenvalue weighted by Crippen LogP contribution is 2.31. The Labute approximate surface area is 113 Å². The maximum Gasteiger partial charge on any atom is 0.239 e. The average Bonchev–Trinajstić information content (AvgIpc) is 2.74. The van der Waals surface area contributed by atoms with Crippen LogP contribution in [0.5, 0.6) is 0 Å². The molecule has 1 unspecified atom stereocenters. The lowest BCUT2D eigenvalue weighted by Crippen LogP contribution is -2.42. The first-order chi connectivity index (χ1) is 9.11. The van der Waals surface area contributed by atoms with Crippen LogP contribution in [-0.4, -0.2) is 38.8 Å². The molecule has 5 heteroatoms. The zero-order chi connectivity index (χ0) is 13.8. The molecule has 1 aliphatic heterocycles. The number of hydrogen-bond acceptors (Lipinski definition) is 4. The van der Waals surface area contributed by atoms with E-state index in [9.17, 15) is 4.79 Å². The largest absolute Gasteiger partial charge is 0.398 e. The van der Waals surface area contributed by atoms with Crippen LogP contribution in [0.4, 0.5) is 11.4 Å². The quantitative estimate of drug-likeness (QED) is 0.770. The maximum atomic E-state index is 11.9. The molecule has 5 nitrogen and oxygen atoms in total. The molecule has 0 fully saturated rings. The predicted molar refractivity (Wildman–Crippen MR) is 76.3 cm³/mol. The van der Waals surface area contributed by atoms with Crippen LogP contribution < -0.4 is 16.0 Å². The minimum atomic E-state index is 0.0137. The van der Waals surface area contributed by atoms with E-state index in [1.165, 1.54) is 0 Å². The molecular weight excluding hydrogens is 242 g/mol. The number of carbonyl (C=O) groups is 1. The zero-order valence-electron chi connectivity index (χ0n) is 11.5. The number of rotatable bonds is 5. The topological polar surface area (TPSA) is 67.6 Å². The summed E-state index contributed by atoms with van der Waals surface area (Å²) in [6.45, 7) is 3.66. The monoisotopic (exact) mass is 263 g/mol. The van der Waals surface area contributed by atoms with Gasteiger partial charge < -0.3 is 20.7 Å². The van der Waals surface area contributed by atoms with Crippen LogP contribution >= 0.6 is 0 Å². The third-order valence-corrected chi connectivity index (χ3v) is 3.32. The summed E-state index contributed by atoms with van der Waals surface area (Å²) < 4.78 is 5.00.